The molecule has 22 heavy (non-hydrogen) atoms. The fraction of sp³-hybridized carbons (Fsp3) is 0.0667. The number of rotatable bonds is 2. The molecule has 3 aromatic rings. The summed E-state index contributed by atoms with van der Waals surface area (Å²) < 4.78 is 0. The van der Waals surface area contributed by atoms with Gasteiger partial charge in [0, 0.05) is 43.9 Å². The van der Waals surface area contributed by atoms with Crippen LogP contribution in [0.15, 0.2) is 54.9 Å². The Morgan fingerprint density at radius 3 is 2.18 bits per heavy atom. The molecule has 0 amide bonds. The molecule has 0 saturated heterocycles. The van der Waals surface area contributed by atoms with E-state index in [0.29, 0.717) is 0 Å². The molecule has 3 aromatic heterocycles. The largest absolute Gasteiger partial charge is 0.574 e. The molecule has 0 bridgehead atoms. The van der Waals surface area contributed by atoms with Gasteiger partial charge in [-0.25, -0.2) is 9.78 Å². The van der Waals surface area contributed by atoms with Gasteiger partial charge >= 0.3 is 5.97 Å². The van der Waals surface area contributed by atoms with E-state index in [9.17, 15) is 4.79 Å². The Morgan fingerprint density at radius 1 is 1.09 bits per heavy atom. The molecule has 115 valence electrons. The number of hydrogen-bond donors (Lipinski definition) is 1. The summed E-state index contributed by atoms with van der Waals surface area (Å²) in [6, 6.07) is 12.4. The Hall–Kier alpha value is -2.37. The van der Waals surface area contributed by atoms with E-state index in [-0.39, 0.29) is 25.8 Å². The first-order valence-corrected chi connectivity index (χ1v) is 6.19. The average molecular weight is 474 g/mol. The fourth-order valence-electron chi connectivity index (χ4n) is 1.52. The van der Waals surface area contributed by atoms with E-state index in [0.717, 1.165) is 17.1 Å². The molecule has 0 spiro atoms. The van der Waals surface area contributed by atoms with Gasteiger partial charge < -0.3 is 15.3 Å². The molecule has 1 radical (unpaired) electrons. The van der Waals surface area contributed by atoms with Crippen molar-refractivity contribution in [1.82, 2.24) is 20.2 Å². The third-order valence-electron chi connectivity index (χ3n) is 2.47. The maximum absolute atomic E-state index is 10.1. The van der Waals surface area contributed by atoms with Gasteiger partial charge in [0.1, 0.15) is 5.69 Å². The average Bonchev–Trinajstić information content (AvgIpc) is 2.96. The molecule has 6 nitrogen and oxygen atoms in total. The van der Waals surface area contributed by atoms with Gasteiger partial charge in [-0.3, -0.25) is 4.98 Å². The molecule has 0 atom stereocenters. The summed E-state index contributed by atoms with van der Waals surface area (Å²) >= 11 is 0. The zero-order valence-corrected chi connectivity index (χ0v) is 14.1. The second-order valence-electron chi connectivity index (χ2n) is 4.11. The first-order valence-electron chi connectivity index (χ1n) is 6.19. The molecule has 0 aliphatic carbocycles. The van der Waals surface area contributed by atoms with Gasteiger partial charge in [0.2, 0.25) is 0 Å². The summed E-state index contributed by atoms with van der Waals surface area (Å²) in [5, 5.41) is 16.2. The molecular weight excluding hydrogens is 460 g/mol. The Balaban J connectivity index is 0.000000219. The van der Waals surface area contributed by atoms with E-state index in [4.69, 9.17) is 5.11 Å². The van der Waals surface area contributed by atoms with E-state index in [2.05, 4.69) is 20.2 Å². The maximum Gasteiger partial charge on any atom is 0.354 e. The van der Waals surface area contributed by atoms with Crippen molar-refractivity contribution in [3.05, 3.63) is 66.2 Å². The Morgan fingerprint density at radius 2 is 1.77 bits per heavy atom. The van der Waals surface area contributed by atoms with Crippen molar-refractivity contribution in [1.29, 1.82) is 0 Å². The predicted molar refractivity (Wildman–Crippen MR) is 76.7 cm³/mol. The van der Waals surface area contributed by atoms with E-state index >= 15 is 0 Å². The van der Waals surface area contributed by atoms with Crippen molar-refractivity contribution >= 4 is 5.97 Å². The molecular formula is C15H13IrN4O2-. The molecule has 0 aliphatic heterocycles. The summed E-state index contributed by atoms with van der Waals surface area (Å²) in [5.41, 5.74) is 2.72. The minimum absolute atomic E-state index is 0. The number of aromatic nitrogens is 4. The molecule has 0 saturated carbocycles. The third-order valence-corrected chi connectivity index (χ3v) is 2.47. The van der Waals surface area contributed by atoms with Crippen LogP contribution in [-0.4, -0.2) is 26.1 Å². The number of carboxylic acid groups (broad SMARTS) is 1. The van der Waals surface area contributed by atoms with Crippen LogP contribution in [0.2, 0.25) is 0 Å². The second-order valence-corrected chi connectivity index (χ2v) is 4.11. The van der Waals surface area contributed by atoms with Crippen LogP contribution in [0.25, 0.3) is 11.4 Å². The number of aryl methyl sites for hydroxylation is 1. The normalized spacial score (nSPS) is 9.14. The van der Waals surface area contributed by atoms with Gasteiger partial charge in [0.15, 0.2) is 0 Å². The Bertz CT molecular complexity index is 702. The predicted octanol–water partition coefficient (Wildman–Crippen LogP) is 2.19. The van der Waals surface area contributed by atoms with E-state index in [1.165, 1.54) is 12.3 Å². The molecule has 7 heteroatoms. The van der Waals surface area contributed by atoms with E-state index < -0.39 is 5.97 Å². The van der Waals surface area contributed by atoms with Crippen LogP contribution >= 0.6 is 0 Å². The van der Waals surface area contributed by atoms with Crippen LogP contribution in [0.5, 0.6) is 0 Å². The first kappa shape index (κ1) is 17.7. The van der Waals surface area contributed by atoms with Crippen LogP contribution in [0, 0.1) is 6.92 Å². The summed E-state index contributed by atoms with van der Waals surface area (Å²) in [4.78, 5) is 17.9. The fourth-order valence-corrected chi connectivity index (χ4v) is 1.52. The number of aromatic carboxylic acids is 1. The minimum Gasteiger partial charge on any atom is -0.574 e. The van der Waals surface area contributed by atoms with E-state index in [1.54, 1.807) is 18.3 Å². The van der Waals surface area contributed by atoms with Gasteiger partial charge in [-0.2, -0.15) is 0 Å². The van der Waals surface area contributed by atoms with Crippen molar-refractivity contribution in [2.24, 2.45) is 0 Å². The smallest absolute Gasteiger partial charge is 0.354 e. The van der Waals surface area contributed by atoms with Crippen LogP contribution in [0.3, 0.4) is 0 Å². The zero-order chi connectivity index (χ0) is 15.1. The first-order chi connectivity index (χ1) is 10.2. The van der Waals surface area contributed by atoms with E-state index in [1.807, 2.05) is 31.2 Å². The number of carbonyl (C=O) groups is 1. The number of pyridine rings is 2. The van der Waals surface area contributed by atoms with Gasteiger partial charge in [-0.05, 0) is 31.2 Å². The molecule has 0 aromatic carbocycles. The summed E-state index contributed by atoms with van der Waals surface area (Å²) in [6.45, 7) is 1.92. The standard InChI is InChI=1S/C9H8N3.C6H5NO2.Ir/c1-7-6-9(12-11-7)8-4-2-3-5-10-8;8-6(9)5-3-1-2-4-7-5;/h2-6H,1H3;1-4H,(H,8,9);/q-1;;. The second kappa shape index (κ2) is 8.81. The number of carboxylic acids is 1. The van der Waals surface area contributed by atoms with Crippen molar-refractivity contribution in [2.75, 3.05) is 0 Å². The van der Waals surface area contributed by atoms with Crippen molar-refractivity contribution in [2.45, 2.75) is 6.92 Å². The van der Waals surface area contributed by atoms with Crippen LogP contribution in [-0.2, 0) is 20.1 Å². The Labute approximate surface area is 141 Å². The van der Waals surface area contributed by atoms with Gasteiger partial charge in [-0.1, -0.05) is 23.9 Å². The van der Waals surface area contributed by atoms with Crippen LogP contribution in [0.1, 0.15) is 16.2 Å². The van der Waals surface area contributed by atoms with Gasteiger partial charge in [-0.15, -0.1) is 0 Å². The molecule has 0 aliphatic rings. The van der Waals surface area contributed by atoms with Crippen molar-refractivity contribution in [3.8, 4) is 11.4 Å². The SMILES string of the molecule is Cc1cc(-c2ccccn2)[n-]n1.O=C(O)c1ccccn1.[Ir]. The maximum atomic E-state index is 10.1. The summed E-state index contributed by atoms with van der Waals surface area (Å²) in [7, 11) is 0. The summed E-state index contributed by atoms with van der Waals surface area (Å²) in [5.74, 6) is -0.990. The quantitative estimate of drug-likeness (QED) is 0.614. The monoisotopic (exact) mass is 474 g/mol. The third kappa shape index (κ3) is 5.20. The van der Waals surface area contributed by atoms with Gasteiger partial charge in [0.05, 0.1) is 0 Å². The van der Waals surface area contributed by atoms with Crippen molar-refractivity contribution in [3.63, 3.8) is 0 Å². The summed E-state index contributed by atoms with van der Waals surface area (Å²) in [6.07, 6.45) is 3.20. The van der Waals surface area contributed by atoms with Crippen LogP contribution < -0.4 is 5.10 Å². The van der Waals surface area contributed by atoms with Gasteiger partial charge in [0.25, 0.3) is 0 Å². The molecule has 3 heterocycles. The number of hydrogen-bond acceptors (Lipinski definition) is 4. The topological polar surface area (TPSA) is 90.1 Å². The number of nitrogens with zero attached hydrogens (tertiary/aromatic N) is 4. The molecule has 0 unspecified atom stereocenters. The minimum atomic E-state index is -0.990. The van der Waals surface area contributed by atoms with Crippen LogP contribution in [0.4, 0.5) is 0 Å². The van der Waals surface area contributed by atoms with Crippen molar-refractivity contribution < 1.29 is 30.0 Å². The zero-order valence-electron chi connectivity index (χ0n) is 11.7. The molecule has 0 fully saturated rings. The molecule has 1 N–H and O–H groups in total. The Kier molecular flexibility index (Phi) is 7.08. The molecule has 3 rings (SSSR count).